The lowest BCUT2D eigenvalue weighted by Gasteiger charge is -2.12. The lowest BCUT2D eigenvalue weighted by atomic mass is 10.1. The van der Waals surface area contributed by atoms with Crippen molar-refractivity contribution in [3.63, 3.8) is 0 Å². The van der Waals surface area contributed by atoms with E-state index < -0.39 is 0 Å². The van der Waals surface area contributed by atoms with Crippen LogP contribution >= 0.6 is 0 Å². The van der Waals surface area contributed by atoms with Gasteiger partial charge in [-0.3, -0.25) is 4.79 Å². The fourth-order valence-corrected chi connectivity index (χ4v) is 2.94. The molecule has 1 N–H and O–H groups in total. The summed E-state index contributed by atoms with van der Waals surface area (Å²) in [5.41, 5.74) is 2.60. The molecule has 23 heavy (non-hydrogen) atoms. The number of nitrogens with one attached hydrogen (secondary N) is 1. The predicted molar refractivity (Wildman–Crippen MR) is 88.9 cm³/mol. The highest BCUT2D eigenvalue weighted by atomic mass is 16.5. The highest BCUT2D eigenvalue weighted by Crippen LogP contribution is 2.17. The van der Waals surface area contributed by atoms with Gasteiger partial charge in [-0.15, -0.1) is 0 Å². The molecule has 0 aliphatic carbocycles. The molecular weight excluding hydrogens is 290 g/mol. The van der Waals surface area contributed by atoms with Crippen molar-refractivity contribution in [3.05, 3.63) is 47.8 Å². The first kappa shape index (κ1) is 15.7. The smallest absolute Gasteiger partial charge is 0.254 e. The number of aromatic nitrogens is 2. The minimum Gasteiger partial charge on any atom is -0.376 e. The van der Waals surface area contributed by atoms with Gasteiger partial charge < -0.3 is 10.1 Å². The fraction of sp³-hybridized carbons (Fsp3) is 0.444. The van der Waals surface area contributed by atoms with Crippen molar-refractivity contribution in [2.75, 3.05) is 13.2 Å². The maximum absolute atomic E-state index is 12.5. The lowest BCUT2D eigenvalue weighted by Crippen LogP contribution is -2.32. The molecule has 1 amide bonds. The highest BCUT2D eigenvalue weighted by molar-refractivity contribution is 5.95. The van der Waals surface area contributed by atoms with E-state index in [0.29, 0.717) is 12.1 Å². The second-order valence-electron chi connectivity index (χ2n) is 5.85. The lowest BCUT2D eigenvalue weighted by molar-refractivity contribution is 0.0857. The first-order valence-corrected chi connectivity index (χ1v) is 8.31. The first-order valence-electron chi connectivity index (χ1n) is 8.31. The third kappa shape index (κ3) is 3.62. The summed E-state index contributed by atoms with van der Waals surface area (Å²) in [6, 6.07) is 9.93. The number of amides is 1. The van der Waals surface area contributed by atoms with E-state index in [1.54, 1.807) is 6.20 Å². The first-order chi connectivity index (χ1) is 11.3. The second-order valence-corrected chi connectivity index (χ2v) is 5.85. The van der Waals surface area contributed by atoms with Crippen molar-refractivity contribution in [1.29, 1.82) is 0 Å². The molecule has 1 aliphatic heterocycles. The van der Waals surface area contributed by atoms with Crippen LogP contribution in [-0.2, 0) is 11.2 Å². The molecule has 1 unspecified atom stereocenters. The Morgan fingerprint density at radius 1 is 1.39 bits per heavy atom. The number of hydrogen-bond donors (Lipinski definition) is 1. The Hall–Kier alpha value is -2.14. The van der Waals surface area contributed by atoms with Gasteiger partial charge in [-0.1, -0.05) is 31.5 Å². The van der Waals surface area contributed by atoms with E-state index in [-0.39, 0.29) is 12.0 Å². The summed E-state index contributed by atoms with van der Waals surface area (Å²) in [4.78, 5) is 12.5. The largest absolute Gasteiger partial charge is 0.376 e. The Kier molecular flexibility index (Phi) is 5.08. The van der Waals surface area contributed by atoms with Gasteiger partial charge in [0.2, 0.25) is 0 Å². The van der Waals surface area contributed by atoms with Crippen LogP contribution in [-0.4, -0.2) is 34.9 Å². The number of ether oxygens (including phenoxy) is 1. The molecule has 1 fully saturated rings. The van der Waals surface area contributed by atoms with Gasteiger partial charge in [0.05, 0.1) is 29.2 Å². The predicted octanol–water partition coefficient (Wildman–Crippen LogP) is 2.73. The van der Waals surface area contributed by atoms with E-state index in [9.17, 15) is 4.79 Å². The Morgan fingerprint density at radius 2 is 2.22 bits per heavy atom. The van der Waals surface area contributed by atoms with Gasteiger partial charge in [0, 0.05) is 13.2 Å². The number of benzene rings is 1. The molecule has 122 valence electrons. The highest BCUT2D eigenvalue weighted by Gasteiger charge is 2.20. The molecule has 1 aromatic heterocycles. The molecule has 0 bridgehead atoms. The summed E-state index contributed by atoms with van der Waals surface area (Å²) in [7, 11) is 0. The van der Waals surface area contributed by atoms with E-state index in [1.165, 1.54) is 0 Å². The van der Waals surface area contributed by atoms with Gasteiger partial charge in [0.1, 0.15) is 0 Å². The minimum atomic E-state index is -0.0638. The molecule has 5 nitrogen and oxygen atoms in total. The number of nitrogens with zero attached hydrogens (tertiary/aromatic N) is 2. The number of hydrogen-bond acceptors (Lipinski definition) is 3. The summed E-state index contributed by atoms with van der Waals surface area (Å²) in [6.45, 7) is 3.48. The van der Waals surface area contributed by atoms with Crippen LogP contribution in [0.15, 0.2) is 36.5 Å². The Bertz CT molecular complexity index is 646. The Balaban J connectivity index is 1.78. The Labute approximate surface area is 136 Å². The normalized spacial score (nSPS) is 17.3. The van der Waals surface area contributed by atoms with Crippen LogP contribution in [0.3, 0.4) is 0 Å². The molecule has 0 saturated carbocycles. The molecule has 1 aliphatic rings. The van der Waals surface area contributed by atoms with Gasteiger partial charge in [-0.05, 0) is 31.4 Å². The molecule has 1 aromatic carbocycles. The van der Waals surface area contributed by atoms with Crippen LogP contribution in [0.25, 0.3) is 5.69 Å². The minimum absolute atomic E-state index is 0.0638. The van der Waals surface area contributed by atoms with Gasteiger partial charge in [0.25, 0.3) is 5.91 Å². The summed E-state index contributed by atoms with van der Waals surface area (Å²) >= 11 is 0. The number of carbonyl (C=O) groups excluding carboxylic acids is 1. The molecule has 5 heteroatoms. The van der Waals surface area contributed by atoms with Gasteiger partial charge in [0.15, 0.2) is 0 Å². The van der Waals surface area contributed by atoms with Crippen LogP contribution in [0.5, 0.6) is 0 Å². The molecule has 3 rings (SSSR count). The molecule has 0 radical (unpaired) electrons. The standard InChI is InChI=1S/C18H23N3O2/c1-2-7-17-16(18(22)19-12-15-10-6-11-23-15)13-20-21(17)14-8-4-3-5-9-14/h3-5,8-9,13,15H,2,6-7,10-12H2,1H3,(H,19,22). The van der Waals surface area contributed by atoms with Crippen molar-refractivity contribution in [1.82, 2.24) is 15.1 Å². The molecule has 2 aromatic rings. The van der Waals surface area contributed by atoms with Gasteiger partial charge >= 0.3 is 0 Å². The third-order valence-electron chi connectivity index (χ3n) is 4.12. The average molecular weight is 313 g/mol. The monoisotopic (exact) mass is 313 g/mol. The number of para-hydroxylation sites is 1. The zero-order valence-electron chi connectivity index (χ0n) is 13.5. The number of rotatable bonds is 6. The second kappa shape index (κ2) is 7.42. The van der Waals surface area contributed by atoms with E-state index in [1.807, 2.05) is 35.0 Å². The summed E-state index contributed by atoms with van der Waals surface area (Å²) in [6.07, 6.45) is 5.70. The van der Waals surface area contributed by atoms with E-state index in [0.717, 1.165) is 43.7 Å². The van der Waals surface area contributed by atoms with Crippen LogP contribution < -0.4 is 5.32 Å². The van der Waals surface area contributed by atoms with Gasteiger partial charge in [-0.25, -0.2) is 4.68 Å². The molecule has 1 saturated heterocycles. The zero-order chi connectivity index (χ0) is 16.1. The Morgan fingerprint density at radius 3 is 2.91 bits per heavy atom. The summed E-state index contributed by atoms with van der Waals surface area (Å²) < 4.78 is 7.42. The molecule has 0 spiro atoms. The zero-order valence-corrected chi connectivity index (χ0v) is 13.5. The van der Waals surface area contributed by atoms with Crippen LogP contribution in [0.4, 0.5) is 0 Å². The van der Waals surface area contributed by atoms with Crippen molar-refractivity contribution in [2.45, 2.75) is 38.7 Å². The van der Waals surface area contributed by atoms with Gasteiger partial charge in [-0.2, -0.15) is 5.10 Å². The molecular formula is C18H23N3O2. The quantitative estimate of drug-likeness (QED) is 0.892. The summed E-state index contributed by atoms with van der Waals surface area (Å²) in [5, 5.41) is 7.42. The molecule has 2 heterocycles. The van der Waals surface area contributed by atoms with Crippen LogP contribution in [0.1, 0.15) is 42.2 Å². The number of carbonyl (C=O) groups is 1. The fourth-order valence-electron chi connectivity index (χ4n) is 2.94. The van der Waals surface area contributed by atoms with Crippen molar-refractivity contribution in [3.8, 4) is 5.69 Å². The van der Waals surface area contributed by atoms with Crippen LogP contribution in [0.2, 0.25) is 0 Å². The van der Waals surface area contributed by atoms with E-state index in [4.69, 9.17) is 4.74 Å². The maximum Gasteiger partial charge on any atom is 0.254 e. The molecule has 1 atom stereocenters. The topological polar surface area (TPSA) is 56.1 Å². The third-order valence-corrected chi connectivity index (χ3v) is 4.12. The van der Waals surface area contributed by atoms with E-state index >= 15 is 0 Å². The SMILES string of the molecule is CCCc1c(C(=O)NCC2CCCO2)cnn1-c1ccccc1. The van der Waals surface area contributed by atoms with Crippen molar-refractivity contribution in [2.24, 2.45) is 0 Å². The van der Waals surface area contributed by atoms with E-state index in [2.05, 4.69) is 17.3 Å². The van der Waals surface area contributed by atoms with Crippen molar-refractivity contribution < 1.29 is 9.53 Å². The summed E-state index contributed by atoms with van der Waals surface area (Å²) in [5.74, 6) is -0.0638. The van der Waals surface area contributed by atoms with Crippen molar-refractivity contribution >= 4 is 5.91 Å². The van der Waals surface area contributed by atoms with Crippen LogP contribution in [0, 0.1) is 0 Å². The average Bonchev–Trinajstić information content (AvgIpc) is 3.23. The maximum atomic E-state index is 12.5.